The lowest BCUT2D eigenvalue weighted by Crippen LogP contribution is -1.95. The van der Waals surface area contributed by atoms with Crippen molar-refractivity contribution in [2.24, 2.45) is 0 Å². The van der Waals surface area contributed by atoms with Gasteiger partial charge in [0.1, 0.15) is 5.75 Å². The van der Waals surface area contributed by atoms with Gasteiger partial charge in [-0.05, 0) is 30.3 Å². The van der Waals surface area contributed by atoms with Gasteiger partial charge in [-0.1, -0.05) is 39.1 Å². The Labute approximate surface area is 146 Å². The normalized spacial score (nSPS) is 10.7. The first-order valence-corrected chi connectivity index (χ1v) is 7.97. The third-order valence-corrected chi connectivity index (χ3v) is 4.32. The Bertz CT molecular complexity index is 855. The smallest absolute Gasteiger partial charge is 0.139 e. The number of aromatic nitrogens is 1. The summed E-state index contributed by atoms with van der Waals surface area (Å²) in [6.45, 7) is 0. The minimum Gasteiger partial charge on any atom is -0.495 e. The third kappa shape index (κ3) is 3.00. The highest BCUT2D eigenvalue weighted by Gasteiger charge is 2.10. The van der Waals surface area contributed by atoms with Crippen molar-refractivity contribution in [3.05, 3.63) is 57.1 Å². The zero-order chi connectivity index (χ0) is 15.7. The van der Waals surface area contributed by atoms with Gasteiger partial charge >= 0.3 is 0 Å². The lowest BCUT2D eigenvalue weighted by Gasteiger charge is -2.13. The predicted molar refractivity (Wildman–Crippen MR) is 95.7 cm³/mol. The second-order valence-corrected chi connectivity index (χ2v) is 6.34. The molecule has 0 fully saturated rings. The Morgan fingerprint density at radius 2 is 1.86 bits per heavy atom. The minimum absolute atomic E-state index is 0.474. The molecule has 0 unspecified atom stereocenters. The number of benzene rings is 2. The molecule has 0 saturated heterocycles. The fourth-order valence-corrected chi connectivity index (χ4v) is 3.01. The zero-order valence-electron chi connectivity index (χ0n) is 11.5. The van der Waals surface area contributed by atoms with Gasteiger partial charge in [-0.25, -0.2) is 0 Å². The number of ether oxygens (including phenoxy) is 1. The van der Waals surface area contributed by atoms with Crippen LogP contribution in [-0.2, 0) is 0 Å². The first kappa shape index (κ1) is 15.4. The molecule has 0 bridgehead atoms. The summed E-state index contributed by atoms with van der Waals surface area (Å²) in [7, 11) is 1.57. The highest BCUT2D eigenvalue weighted by atomic mass is 79.9. The van der Waals surface area contributed by atoms with Crippen molar-refractivity contribution < 1.29 is 4.74 Å². The molecule has 3 nitrogen and oxygen atoms in total. The molecule has 0 spiro atoms. The molecule has 1 heterocycles. The van der Waals surface area contributed by atoms with E-state index in [0.717, 1.165) is 26.8 Å². The third-order valence-electron chi connectivity index (χ3n) is 3.22. The number of pyridine rings is 1. The monoisotopic (exact) mass is 396 g/mol. The van der Waals surface area contributed by atoms with E-state index in [-0.39, 0.29) is 0 Å². The summed E-state index contributed by atoms with van der Waals surface area (Å²) < 4.78 is 6.21. The van der Waals surface area contributed by atoms with Gasteiger partial charge in [0.15, 0.2) is 0 Å². The highest BCUT2D eigenvalue weighted by molar-refractivity contribution is 9.10. The Morgan fingerprint density at radius 3 is 2.64 bits per heavy atom. The molecular formula is C16H11BrCl2N2O. The van der Waals surface area contributed by atoms with Crippen LogP contribution >= 0.6 is 39.1 Å². The molecular weight excluding hydrogens is 387 g/mol. The summed E-state index contributed by atoms with van der Waals surface area (Å²) in [6, 6.07) is 11.3. The Kier molecular flexibility index (Phi) is 4.43. The molecule has 0 radical (unpaired) electrons. The molecule has 3 rings (SSSR count). The largest absolute Gasteiger partial charge is 0.495 e. The molecule has 0 saturated carbocycles. The van der Waals surface area contributed by atoms with Gasteiger partial charge in [-0.2, -0.15) is 0 Å². The van der Waals surface area contributed by atoms with E-state index < -0.39 is 0 Å². The topological polar surface area (TPSA) is 34.1 Å². The van der Waals surface area contributed by atoms with Crippen LogP contribution in [0.1, 0.15) is 0 Å². The number of rotatable bonds is 3. The van der Waals surface area contributed by atoms with Crippen molar-refractivity contribution in [3.63, 3.8) is 0 Å². The maximum absolute atomic E-state index is 6.26. The van der Waals surface area contributed by atoms with Gasteiger partial charge in [0.2, 0.25) is 0 Å². The molecule has 1 N–H and O–H groups in total. The summed E-state index contributed by atoms with van der Waals surface area (Å²) >= 11 is 15.8. The molecule has 0 atom stereocenters. The van der Waals surface area contributed by atoms with E-state index in [9.17, 15) is 0 Å². The predicted octanol–water partition coefficient (Wildman–Crippen LogP) is 6.06. The van der Waals surface area contributed by atoms with Crippen LogP contribution in [0.25, 0.3) is 10.9 Å². The molecule has 0 amide bonds. The summed E-state index contributed by atoms with van der Waals surface area (Å²) in [5, 5.41) is 5.30. The van der Waals surface area contributed by atoms with Gasteiger partial charge < -0.3 is 10.1 Å². The van der Waals surface area contributed by atoms with Crippen molar-refractivity contribution in [2.45, 2.75) is 0 Å². The number of anilines is 2. The molecule has 0 aliphatic heterocycles. The van der Waals surface area contributed by atoms with E-state index in [1.54, 1.807) is 25.4 Å². The minimum atomic E-state index is 0.474. The molecule has 1 aromatic heterocycles. The lowest BCUT2D eigenvalue weighted by molar-refractivity contribution is 0.415. The summed E-state index contributed by atoms with van der Waals surface area (Å²) in [5.41, 5.74) is 2.51. The molecule has 112 valence electrons. The number of hydrogen-bond acceptors (Lipinski definition) is 3. The number of nitrogens with one attached hydrogen (secondary N) is 1. The van der Waals surface area contributed by atoms with Crippen LogP contribution in [0.3, 0.4) is 0 Å². The maximum Gasteiger partial charge on any atom is 0.139 e. The van der Waals surface area contributed by atoms with E-state index >= 15 is 0 Å². The van der Waals surface area contributed by atoms with Crippen LogP contribution in [0.2, 0.25) is 10.0 Å². The number of nitrogens with zero attached hydrogens (tertiary/aromatic N) is 1. The quantitative estimate of drug-likeness (QED) is 0.583. The number of methoxy groups -OCH3 is 1. The van der Waals surface area contributed by atoms with Crippen LogP contribution in [0.15, 0.2) is 47.1 Å². The second-order valence-electron chi connectivity index (χ2n) is 4.61. The lowest BCUT2D eigenvalue weighted by atomic mass is 10.2. The zero-order valence-corrected chi connectivity index (χ0v) is 14.6. The van der Waals surface area contributed by atoms with Crippen molar-refractivity contribution in [1.29, 1.82) is 0 Å². The van der Waals surface area contributed by atoms with Crippen LogP contribution in [0, 0.1) is 0 Å². The van der Waals surface area contributed by atoms with Crippen LogP contribution in [0.4, 0.5) is 11.4 Å². The summed E-state index contributed by atoms with van der Waals surface area (Å²) in [5.74, 6) is 0.565. The van der Waals surface area contributed by atoms with Crippen LogP contribution < -0.4 is 10.1 Å². The first-order chi connectivity index (χ1) is 10.6. The number of halogens is 3. The Balaban J connectivity index is 2.07. The fourth-order valence-electron chi connectivity index (χ4n) is 2.16. The average Bonchev–Trinajstić information content (AvgIpc) is 2.49. The SMILES string of the molecule is COc1cc(Nc2ccnc3cc(Br)ccc23)c(Cl)cc1Cl. The first-order valence-electron chi connectivity index (χ1n) is 6.43. The van der Waals surface area contributed by atoms with E-state index in [2.05, 4.69) is 26.2 Å². The standard InChI is InChI=1S/C16H11BrCl2N2O/c1-22-16-8-15(11(18)7-12(16)19)21-13-4-5-20-14-6-9(17)2-3-10(13)14/h2-8H,1H3,(H,20,21). The maximum atomic E-state index is 6.26. The van der Waals surface area contributed by atoms with Crippen LogP contribution in [0.5, 0.6) is 5.75 Å². The van der Waals surface area contributed by atoms with Crippen molar-refractivity contribution in [3.8, 4) is 5.75 Å². The molecule has 2 aromatic carbocycles. The van der Waals surface area contributed by atoms with Crippen molar-refractivity contribution in [1.82, 2.24) is 4.98 Å². The van der Waals surface area contributed by atoms with Gasteiger partial charge in [0.25, 0.3) is 0 Å². The summed E-state index contributed by atoms with van der Waals surface area (Å²) in [4.78, 5) is 4.37. The van der Waals surface area contributed by atoms with E-state index in [4.69, 9.17) is 27.9 Å². The molecule has 0 aliphatic carbocycles. The number of hydrogen-bond donors (Lipinski definition) is 1. The van der Waals surface area contributed by atoms with E-state index in [0.29, 0.717) is 15.8 Å². The van der Waals surface area contributed by atoms with E-state index in [1.807, 2.05) is 24.3 Å². The molecule has 6 heteroatoms. The van der Waals surface area contributed by atoms with Gasteiger partial charge in [0, 0.05) is 27.8 Å². The Morgan fingerprint density at radius 1 is 1.05 bits per heavy atom. The molecule has 3 aromatic rings. The van der Waals surface area contributed by atoms with Crippen molar-refractivity contribution in [2.75, 3.05) is 12.4 Å². The number of fused-ring (bicyclic) bond motifs is 1. The second kappa shape index (κ2) is 6.32. The van der Waals surface area contributed by atoms with Crippen molar-refractivity contribution >= 4 is 61.4 Å². The fraction of sp³-hybridized carbons (Fsp3) is 0.0625. The highest BCUT2D eigenvalue weighted by Crippen LogP contribution is 2.36. The molecule has 22 heavy (non-hydrogen) atoms. The van der Waals surface area contributed by atoms with Gasteiger partial charge in [-0.3, -0.25) is 4.98 Å². The van der Waals surface area contributed by atoms with Crippen LogP contribution in [-0.4, -0.2) is 12.1 Å². The molecule has 0 aliphatic rings. The summed E-state index contributed by atoms with van der Waals surface area (Å²) in [6.07, 6.45) is 1.75. The Hall–Kier alpha value is -1.49. The van der Waals surface area contributed by atoms with Gasteiger partial charge in [0.05, 0.1) is 28.4 Å². The van der Waals surface area contributed by atoms with Gasteiger partial charge in [-0.15, -0.1) is 0 Å². The van der Waals surface area contributed by atoms with E-state index in [1.165, 1.54) is 0 Å². The average molecular weight is 398 g/mol.